The molecule has 4 aromatic rings. The number of ether oxygens (including phenoxy) is 1. The van der Waals surface area contributed by atoms with E-state index in [1.54, 1.807) is 14.0 Å². The first-order valence-electron chi connectivity index (χ1n) is 9.40. The lowest BCUT2D eigenvalue weighted by molar-refractivity contribution is -0.121. The zero-order chi connectivity index (χ0) is 20.2. The number of nitrogens with zero attached hydrogens (tertiary/aromatic N) is 2. The molecule has 2 N–H and O–H groups in total. The Morgan fingerprint density at radius 2 is 2.03 bits per heavy atom. The van der Waals surface area contributed by atoms with E-state index >= 15 is 0 Å². The molecule has 2 aromatic heterocycles. The SMILES string of the molecule is COc1cccc2[nH]cc([C@H](CC(=O)NCc3nc(C)no3)c3ccccc3)c12. The largest absolute Gasteiger partial charge is 0.496 e. The summed E-state index contributed by atoms with van der Waals surface area (Å²) in [4.78, 5) is 20.2. The number of carbonyl (C=O) groups excluding carboxylic acids is 1. The van der Waals surface area contributed by atoms with Gasteiger partial charge in [0, 0.05) is 29.4 Å². The van der Waals surface area contributed by atoms with Crippen molar-refractivity contribution in [2.75, 3.05) is 7.11 Å². The van der Waals surface area contributed by atoms with E-state index in [-0.39, 0.29) is 24.8 Å². The number of aromatic amines is 1. The summed E-state index contributed by atoms with van der Waals surface area (Å²) >= 11 is 0. The molecule has 0 saturated carbocycles. The van der Waals surface area contributed by atoms with E-state index in [1.165, 1.54) is 0 Å². The Hall–Kier alpha value is -3.61. The van der Waals surface area contributed by atoms with Gasteiger partial charge in [0.2, 0.25) is 11.8 Å². The Kier molecular flexibility index (Phi) is 5.29. The van der Waals surface area contributed by atoms with Crippen LogP contribution in [0.5, 0.6) is 5.75 Å². The monoisotopic (exact) mass is 390 g/mol. The van der Waals surface area contributed by atoms with E-state index in [2.05, 4.69) is 20.4 Å². The lowest BCUT2D eigenvalue weighted by atomic mass is 9.88. The van der Waals surface area contributed by atoms with Crippen LogP contribution in [0.2, 0.25) is 0 Å². The number of hydrogen-bond donors (Lipinski definition) is 2. The molecule has 148 valence electrons. The highest BCUT2D eigenvalue weighted by molar-refractivity contribution is 5.91. The maximum atomic E-state index is 12.8. The maximum Gasteiger partial charge on any atom is 0.246 e. The number of aromatic nitrogens is 3. The van der Waals surface area contributed by atoms with Gasteiger partial charge in [0.25, 0.3) is 0 Å². The fourth-order valence-corrected chi connectivity index (χ4v) is 3.56. The highest BCUT2D eigenvalue weighted by Gasteiger charge is 2.23. The topological polar surface area (TPSA) is 93.0 Å². The minimum absolute atomic E-state index is 0.0982. The van der Waals surface area contributed by atoms with Crippen molar-refractivity contribution in [3.63, 3.8) is 0 Å². The number of methoxy groups -OCH3 is 1. The third-order valence-corrected chi connectivity index (χ3v) is 4.89. The first kappa shape index (κ1) is 18.7. The molecule has 0 aliphatic carbocycles. The smallest absolute Gasteiger partial charge is 0.246 e. The third kappa shape index (κ3) is 3.99. The number of carbonyl (C=O) groups is 1. The average Bonchev–Trinajstić information content (AvgIpc) is 3.37. The van der Waals surface area contributed by atoms with Crippen molar-refractivity contribution < 1.29 is 14.1 Å². The van der Waals surface area contributed by atoms with Gasteiger partial charge in [0.1, 0.15) is 5.75 Å². The van der Waals surface area contributed by atoms with Crippen molar-refractivity contribution >= 4 is 16.8 Å². The molecule has 29 heavy (non-hydrogen) atoms. The Bertz CT molecular complexity index is 1120. The van der Waals surface area contributed by atoms with Gasteiger partial charge < -0.3 is 19.6 Å². The van der Waals surface area contributed by atoms with Crippen LogP contribution in [-0.2, 0) is 11.3 Å². The molecule has 7 nitrogen and oxygen atoms in total. The predicted octanol–water partition coefficient (Wildman–Crippen LogP) is 3.71. The van der Waals surface area contributed by atoms with Crippen LogP contribution >= 0.6 is 0 Å². The number of hydrogen-bond acceptors (Lipinski definition) is 5. The second-order valence-corrected chi connectivity index (χ2v) is 6.81. The number of fused-ring (bicyclic) bond motifs is 1. The van der Waals surface area contributed by atoms with E-state index in [1.807, 2.05) is 54.7 Å². The number of nitrogens with one attached hydrogen (secondary N) is 2. The van der Waals surface area contributed by atoms with Crippen LogP contribution in [0, 0.1) is 6.92 Å². The second kappa shape index (κ2) is 8.18. The highest BCUT2D eigenvalue weighted by atomic mass is 16.5. The Balaban J connectivity index is 1.64. The molecule has 2 aromatic carbocycles. The van der Waals surface area contributed by atoms with Crippen molar-refractivity contribution in [3.05, 3.63) is 77.6 Å². The molecule has 0 spiro atoms. The normalized spacial score (nSPS) is 12.1. The number of benzene rings is 2. The van der Waals surface area contributed by atoms with Gasteiger partial charge in [-0.25, -0.2) is 0 Å². The summed E-state index contributed by atoms with van der Waals surface area (Å²) in [5.41, 5.74) is 3.05. The van der Waals surface area contributed by atoms with E-state index in [0.717, 1.165) is 27.8 Å². The maximum absolute atomic E-state index is 12.8. The summed E-state index contributed by atoms with van der Waals surface area (Å²) in [6.07, 6.45) is 2.24. The molecule has 2 heterocycles. The highest BCUT2D eigenvalue weighted by Crippen LogP contribution is 2.37. The summed E-state index contributed by atoms with van der Waals surface area (Å²) in [5, 5.41) is 7.61. The van der Waals surface area contributed by atoms with Gasteiger partial charge >= 0.3 is 0 Å². The van der Waals surface area contributed by atoms with E-state index in [4.69, 9.17) is 9.26 Å². The van der Waals surface area contributed by atoms with Gasteiger partial charge in [0.15, 0.2) is 5.82 Å². The zero-order valence-electron chi connectivity index (χ0n) is 16.3. The molecular formula is C22H22N4O3. The Morgan fingerprint density at radius 3 is 2.76 bits per heavy atom. The molecule has 0 radical (unpaired) electrons. The number of aryl methyl sites for hydroxylation is 1. The zero-order valence-corrected chi connectivity index (χ0v) is 16.3. The fourth-order valence-electron chi connectivity index (χ4n) is 3.56. The van der Waals surface area contributed by atoms with Crippen LogP contribution in [0.15, 0.2) is 59.3 Å². The average molecular weight is 390 g/mol. The number of H-pyrrole nitrogens is 1. The molecule has 1 atom stereocenters. The standard InChI is InChI=1S/C22H22N4O3/c1-14-25-21(29-26-14)13-24-20(27)11-16(15-7-4-3-5-8-15)17-12-23-18-9-6-10-19(28-2)22(17)18/h3-10,12,16,23H,11,13H2,1-2H3,(H,24,27)/t16-/m1/s1. The predicted molar refractivity (Wildman–Crippen MR) is 109 cm³/mol. The van der Waals surface area contributed by atoms with E-state index < -0.39 is 0 Å². The van der Waals surface area contributed by atoms with Crippen molar-refractivity contribution in [1.82, 2.24) is 20.4 Å². The van der Waals surface area contributed by atoms with Crippen molar-refractivity contribution in [2.45, 2.75) is 25.8 Å². The molecule has 0 aliphatic rings. The lowest BCUT2D eigenvalue weighted by Gasteiger charge is -2.18. The van der Waals surface area contributed by atoms with Gasteiger partial charge in [-0.15, -0.1) is 0 Å². The first-order valence-corrected chi connectivity index (χ1v) is 9.40. The van der Waals surface area contributed by atoms with Gasteiger partial charge in [-0.3, -0.25) is 4.79 Å². The van der Waals surface area contributed by atoms with Gasteiger partial charge in [-0.2, -0.15) is 4.98 Å². The molecule has 1 amide bonds. The molecule has 0 saturated heterocycles. The number of rotatable bonds is 7. The van der Waals surface area contributed by atoms with Gasteiger partial charge in [-0.05, 0) is 30.2 Å². The second-order valence-electron chi connectivity index (χ2n) is 6.81. The minimum atomic E-state index is -0.134. The molecule has 0 aliphatic heterocycles. The Morgan fingerprint density at radius 1 is 1.21 bits per heavy atom. The van der Waals surface area contributed by atoms with Crippen molar-refractivity contribution in [3.8, 4) is 5.75 Å². The molecule has 0 fully saturated rings. The number of amides is 1. The molecule has 7 heteroatoms. The summed E-state index contributed by atoms with van der Waals surface area (Å²) in [6.45, 7) is 1.95. The summed E-state index contributed by atoms with van der Waals surface area (Å²) < 4.78 is 10.6. The van der Waals surface area contributed by atoms with Crippen molar-refractivity contribution in [2.24, 2.45) is 0 Å². The molecular weight excluding hydrogens is 368 g/mol. The molecule has 0 bridgehead atoms. The van der Waals surface area contributed by atoms with Crippen LogP contribution in [0.1, 0.15) is 35.2 Å². The summed E-state index contributed by atoms with van der Waals surface area (Å²) in [6, 6.07) is 15.9. The molecule has 0 unspecified atom stereocenters. The summed E-state index contributed by atoms with van der Waals surface area (Å²) in [5.74, 6) is 1.48. The first-order chi connectivity index (χ1) is 14.2. The van der Waals surface area contributed by atoms with E-state index in [0.29, 0.717) is 11.7 Å². The van der Waals surface area contributed by atoms with Gasteiger partial charge in [-0.1, -0.05) is 41.6 Å². The van der Waals surface area contributed by atoms with E-state index in [9.17, 15) is 4.79 Å². The quantitative estimate of drug-likeness (QED) is 0.502. The molecule has 4 rings (SSSR count). The van der Waals surface area contributed by atoms with Crippen molar-refractivity contribution in [1.29, 1.82) is 0 Å². The third-order valence-electron chi connectivity index (χ3n) is 4.89. The van der Waals surface area contributed by atoms with Gasteiger partial charge in [0.05, 0.1) is 13.7 Å². The van der Waals surface area contributed by atoms with Crippen LogP contribution in [0.25, 0.3) is 10.9 Å². The minimum Gasteiger partial charge on any atom is -0.496 e. The van der Waals surface area contributed by atoms with Crippen LogP contribution in [-0.4, -0.2) is 28.1 Å². The van der Waals surface area contributed by atoms with Crippen LogP contribution in [0.4, 0.5) is 0 Å². The fraction of sp³-hybridized carbons (Fsp3) is 0.227. The van der Waals surface area contributed by atoms with Crippen LogP contribution < -0.4 is 10.1 Å². The summed E-state index contributed by atoms with van der Waals surface area (Å²) in [7, 11) is 1.65. The Labute approximate surface area is 168 Å². The van der Waals surface area contributed by atoms with Crippen LogP contribution in [0.3, 0.4) is 0 Å². The lowest BCUT2D eigenvalue weighted by Crippen LogP contribution is -2.25.